The monoisotopic (exact) mass is 428 g/mol. The van der Waals surface area contributed by atoms with Gasteiger partial charge in [0.05, 0.1) is 17.7 Å². The van der Waals surface area contributed by atoms with Gasteiger partial charge < -0.3 is 19.7 Å². The van der Waals surface area contributed by atoms with Crippen LogP contribution < -0.4 is 14.8 Å². The lowest BCUT2D eigenvalue weighted by Gasteiger charge is -2.26. The summed E-state index contributed by atoms with van der Waals surface area (Å²) in [5.41, 5.74) is -0.289. The molecule has 3 N–H and O–H groups in total. The smallest absolute Gasteiger partial charge is 0.276 e. The standard InChI is InChI=1S/C20H20N4O5S/c1-5-20(3,26)16-11-29-18-15(30(27,28)23-16)10-24(4)17(18)19(25)22-14-7-6-12(2)13(8-14)9-21/h1,6-8,10,16,23,26H,11H2,2-4H3,(H,22,25). The second-order valence-corrected chi connectivity index (χ2v) is 8.84. The summed E-state index contributed by atoms with van der Waals surface area (Å²) < 4.78 is 34.8. The Morgan fingerprint density at radius 1 is 1.50 bits per heavy atom. The van der Waals surface area contributed by atoms with Crippen LogP contribution in [0.15, 0.2) is 29.3 Å². The van der Waals surface area contributed by atoms with E-state index in [1.54, 1.807) is 19.1 Å². The van der Waals surface area contributed by atoms with E-state index in [0.717, 1.165) is 5.56 Å². The Labute approximate surface area is 174 Å². The number of sulfonamides is 1. The number of hydrogen-bond donors (Lipinski definition) is 3. The van der Waals surface area contributed by atoms with Gasteiger partial charge in [0.15, 0.2) is 11.4 Å². The quantitative estimate of drug-likeness (QED) is 0.622. The van der Waals surface area contributed by atoms with E-state index in [4.69, 9.17) is 16.4 Å². The highest BCUT2D eigenvalue weighted by molar-refractivity contribution is 7.89. The lowest BCUT2D eigenvalue weighted by Crippen LogP contribution is -2.52. The number of amides is 1. The molecule has 0 aliphatic carbocycles. The molecule has 156 valence electrons. The Morgan fingerprint density at radius 3 is 2.83 bits per heavy atom. The summed E-state index contributed by atoms with van der Waals surface area (Å²) in [5, 5.41) is 22.1. The molecule has 30 heavy (non-hydrogen) atoms. The SMILES string of the molecule is C#CC(C)(O)C1COc2c(cn(C)c2C(=O)Nc2ccc(C)c(C#N)c2)S(=O)(=O)N1. The molecule has 2 heterocycles. The van der Waals surface area contributed by atoms with Crippen LogP contribution in [-0.2, 0) is 17.1 Å². The first-order valence-corrected chi connectivity index (χ1v) is 10.3. The molecule has 1 aliphatic rings. The summed E-state index contributed by atoms with van der Waals surface area (Å²) >= 11 is 0. The van der Waals surface area contributed by atoms with Gasteiger partial charge in [-0.1, -0.05) is 12.0 Å². The molecule has 1 aromatic carbocycles. The number of ether oxygens (including phenoxy) is 1. The number of fused-ring (bicyclic) bond motifs is 1. The number of aliphatic hydroxyl groups is 1. The molecule has 0 radical (unpaired) electrons. The van der Waals surface area contributed by atoms with E-state index < -0.39 is 27.6 Å². The number of hydrogen-bond acceptors (Lipinski definition) is 6. The molecule has 1 amide bonds. The Balaban J connectivity index is 1.99. The van der Waals surface area contributed by atoms with E-state index in [9.17, 15) is 18.3 Å². The Morgan fingerprint density at radius 2 is 2.20 bits per heavy atom. The molecular weight excluding hydrogens is 408 g/mol. The molecule has 3 rings (SSSR count). The summed E-state index contributed by atoms with van der Waals surface area (Å²) in [5.74, 6) is 1.36. The first kappa shape index (κ1) is 21.4. The van der Waals surface area contributed by atoms with E-state index in [2.05, 4.69) is 16.0 Å². The van der Waals surface area contributed by atoms with Crippen molar-refractivity contribution in [3.8, 4) is 24.2 Å². The van der Waals surface area contributed by atoms with Crippen LogP contribution in [0.3, 0.4) is 0 Å². The minimum Gasteiger partial charge on any atom is -0.488 e. The normalized spacial score (nSPS) is 19.2. The third kappa shape index (κ3) is 3.76. The maximum atomic E-state index is 12.9. The average molecular weight is 428 g/mol. The predicted octanol–water partition coefficient (Wildman–Crippen LogP) is 0.881. The van der Waals surface area contributed by atoms with E-state index in [1.807, 2.05) is 6.07 Å². The largest absolute Gasteiger partial charge is 0.488 e. The molecule has 0 bridgehead atoms. The van der Waals surface area contributed by atoms with Crippen molar-refractivity contribution in [2.45, 2.75) is 30.4 Å². The average Bonchev–Trinajstić information content (AvgIpc) is 2.97. The van der Waals surface area contributed by atoms with Gasteiger partial charge in [-0.2, -0.15) is 5.26 Å². The second-order valence-electron chi connectivity index (χ2n) is 7.15. The van der Waals surface area contributed by atoms with Gasteiger partial charge in [-0.3, -0.25) is 4.79 Å². The highest BCUT2D eigenvalue weighted by atomic mass is 32.2. The fourth-order valence-electron chi connectivity index (χ4n) is 3.01. The molecule has 0 saturated heterocycles. The Hall–Kier alpha value is -3.31. The number of benzene rings is 1. The highest BCUT2D eigenvalue weighted by Gasteiger charge is 2.40. The summed E-state index contributed by atoms with van der Waals surface area (Å²) in [7, 11) is -2.61. The lowest BCUT2D eigenvalue weighted by molar-refractivity contribution is 0.0640. The summed E-state index contributed by atoms with van der Waals surface area (Å²) in [6.07, 6.45) is 6.54. The fourth-order valence-corrected chi connectivity index (χ4v) is 4.51. The Kier molecular flexibility index (Phi) is 5.35. The topological polar surface area (TPSA) is 133 Å². The number of anilines is 1. The van der Waals surface area contributed by atoms with Crippen LogP contribution in [0.5, 0.6) is 5.75 Å². The van der Waals surface area contributed by atoms with Crippen molar-refractivity contribution in [2.24, 2.45) is 7.05 Å². The van der Waals surface area contributed by atoms with Crippen molar-refractivity contribution >= 4 is 21.6 Å². The van der Waals surface area contributed by atoms with Gasteiger partial charge in [0.2, 0.25) is 10.0 Å². The zero-order valence-electron chi connectivity index (χ0n) is 16.6. The van der Waals surface area contributed by atoms with Gasteiger partial charge >= 0.3 is 0 Å². The molecule has 1 aliphatic heterocycles. The molecule has 0 spiro atoms. The number of rotatable bonds is 3. The highest BCUT2D eigenvalue weighted by Crippen LogP contribution is 2.34. The van der Waals surface area contributed by atoms with Crippen molar-refractivity contribution in [1.29, 1.82) is 5.26 Å². The van der Waals surface area contributed by atoms with Crippen molar-refractivity contribution in [3.05, 3.63) is 41.2 Å². The maximum absolute atomic E-state index is 12.9. The minimum absolute atomic E-state index is 0.0320. The van der Waals surface area contributed by atoms with Crippen molar-refractivity contribution in [1.82, 2.24) is 9.29 Å². The molecule has 2 aromatic rings. The zero-order chi connectivity index (χ0) is 22.3. The van der Waals surface area contributed by atoms with Crippen LogP contribution in [0.4, 0.5) is 5.69 Å². The van der Waals surface area contributed by atoms with E-state index in [0.29, 0.717) is 11.3 Å². The van der Waals surface area contributed by atoms with Gasteiger partial charge in [-0.25, -0.2) is 13.1 Å². The molecule has 2 unspecified atom stereocenters. The summed E-state index contributed by atoms with van der Waals surface area (Å²) in [4.78, 5) is 12.7. The number of aryl methyl sites for hydroxylation is 2. The number of aromatic nitrogens is 1. The van der Waals surface area contributed by atoms with Crippen molar-refractivity contribution < 1.29 is 23.1 Å². The summed E-state index contributed by atoms with van der Waals surface area (Å²) in [6.45, 7) is 2.78. The van der Waals surface area contributed by atoms with Crippen molar-refractivity contribution in [2.75, 3.05) is 11.9 Å². The first-order chi connectivity index (χ1) is 14.0. The molecule has 0 saturated carbocycles. The number of nitrogens with zero attached hydrogens (tertiary/aromatic N) is 2. The molecule has 2 atom stereocenters. The minimum atomic E-state index is -4.12. The van der Waals surface area contributed by atoms with Gasteiger partial charge in [0.1, 0.15) is 17.1 Å². The molecular formula is C20H20N4O5S. The third-order valence-electron chi connectivity index (χ3n) is 4.89. The van der Waals surface area contributed by atoms with Gasteiger partial charge in [0, 0.05) is 18.9 Å². The van der Waals surface area contributed by atoms with E-state index in [1.165, 1.54) is 30.8 Å². The molecule has 10 heteroatoms. The van der Waals surface area contributed by atoms with E-state index >= 15 is 0 Å². The molecule has 9 nitrogen and oxygen atoms in total. The number of terminal acetylenes is 1. The van der Waals surface area contributed by atoms with Crippen LogP contribution in [0.2, 0.25) is 0 Å². The van der Waals surface area contributed by atoms with E-state index in [-0.39, 0.29) is 22.9 Å². The van der Waals surface area contributed by atoms with Crippen LogP contribution in [0.1, 0.15) is 28.5 Å². The number of carbonyl (C=O) groups excluding carboxylic acids is 1. The lowest BCUT2D eigenvalue weighted by atomic mass is 9.99. The predicted molar refractivity (Wildman–Crippen MR) is 108 cm³/mol. The number of nitriles is 1. The first-order valence-electron chi connectivity index (χ1n) is 8.87. The number of carbonyl (C=O) groups is 1. The number of nitrogens with one attached hydrogen (secondary N) is 2. The Bertz CT molecular complexity index is 1220. The summed E-state index contributed by atoms with van der Waals surface area (Å²) in [6, 6.07) is 5.77. The van der Waals surface area contributed by atoms with Gasteiger partial charge in [0.25, 0.3) is 5.91 Å². The zero-order valence-corrected chi connectivity index (χ0v) is 17.4. The van der Waals surface area contributed by atoms with Crippen molar-refractivity contribution in [3.63, 3.8) is 0 Å². The van der Waals surface area contributed by atoms with Gasteiger partial charge in [-0.05, 0) is 31.5 Å². The molecule has 0 fully saturated rings. The van der Waals surface area contributed by atoms with Crippen LogP contribution >= 0.6 is 0 Å². The van der Waals surface area contributed by atoms with Crippen LogP contribution in [0, 0.1) is 30.6 Å². The molecule has 1 aromatic heterocycles. The maximum Gasteiger partial charge on any atom is 0.276 e. The fraction of sp³-hybridized carbons (Fsp3) is 0.300. The third-order valence-corrected chi connectivity index (χ3v) is 6.35. The van der Waals surface area contributed by atoms with Crippen LogP contribution in [-0.4, -0.2) is 42.2 Å². The van der Waals surface area contributed by atoms with Crippen LogP contribution in [0.25, 0.3) is 0 Å². The van der Waals surface area contributed by atoms with Gasteiger partial charge in [-0.15, -0.1) is 6.42 Å². The second kappa shape index (κ2) is 7.50.